The Bertz CT molecular complexity index is 3670. The Balaban J connectivity index is 1.62. The molecule has 3 aromatic rings. The zero-order chi connectivity index (χ0) is 80.9. The summed E-state index contributed by atoms with van der Waals surface area (Å²) >= 11 is 0. The fraction of sp³-hybridized carbons (Fsp3) is 0.507. The average Bonchev–Trinajstić information content (AvgIpc) is 1.37. The summed E-state index contributed by atoms with van der Waals surface area (Å²) in [5.41, 5.74) is 10.4. The Kier molecular flexibility index (Phi) is 35.8. The van der Waals surface area contributed by atoms with Crippen molar-refractivity contribution in [3.63, 3.8) is 0 Å². The van der Waals surface area contributed by atoms with Crippen LogP contribution in [0.25, 0.3) is 0 Å². The lowest BCUT2D eigenvalue weighted by Gasteiger charge is -2.32. The van der Waals surface area contributed by atoms with Gasteiger partial charge in [-0.05, 0) is 87.6 Å². The van der Waals surface area contributed by atoms with Crippen LogP contribution in [0.4, 0.5) is 0 Å². The summed E-state index contributed by atoms with van der Waals surface area (Å²) in [5, 5.41) is 58.3. The van der Waals surface area contributed by atoms with Gasteiger partial charge in [0.1, 0.15) is 90.9 Å². The number of carbonyl (C=O) groups excluding carboxylic acids is 14. The minimum absolute atomic E-state index is 0.00821. The van der Waals surface area contributed by atoms with Gasteiger partial charge in [-0.1, -0.05) is 107 Å². The molecule has 38 nitrogen and oxygen atoms in total. The summed E-state index contributed by atoms with van der Waals surface area (Å²) in [7, 11) is -5.28. The molecule has 39 heteroatoms. The number of carbonyl (C=O) groups is 16. The molecule has 23 N–H and O–H groups in total. The Morgan fingerprint density at radius 2 is 0.935 bits per heavy atom. The number of rotatable bonds is 43. The summed E-state index contributed by atoms with van der Waals surface area (Å²) in [6.45, 7) is 9.61. The van der Waals surface area contributed by atoms with Gasteiger partial charge in [0.25, 0.3) is 5.91 Å². The number of nitrogens with zero attached hydrogens (tertiary/aromatic N) is 1. The lowest BCUT2D eigenvalue weighted by molar-refractivity contribution is -0.355. The largest absolute Gasteiger partial charge is 0.567 e. The molecule has 592 valence electrons. The van der Waals surface area contributed by atoms with Crippen molar-refractivity contribution in [3.8, 4) is 5.75 Å². The quantitative estimate of drug-likeness (QED) is 0.0235. The second-order valence-electron chi connectivity index (χ2n) is 26.4. The van der Waals surface area contributed by atoms with E-state index in [9.17, 15) is 107 Å². The first-order valence-corrected chi connectivity index (χ1v) is 36.3. The molecule has 3 aromatic carbocycles. The monoisotopic (exact) mass is 1540 g/mol. The van der Waals surface area contributed by atoms with Crippen molar-refractivity contribution >= 4 is 103 Å². The van der Waals surface area contributed by atoms with E-state index >= 15 is 0 Å². The number of aromatic hydroxyl groups is 1. The van der Waals surface area contributed by atoms with Gasteiger partial charge < -0.3 is 95.5 Å². The summed E-state index contributed by atoms with van der Waals surface area (Å²) < 4.78 is 4.75. The van der Waals surface area contributed by atoms with E-state index in [4.69, 9.17) is 10.3 Å². The maximum Gasteiger partial charge on any atom is 0.567 e. The highest BCUT2D eigenvalue weighted by molar-refractivity contribution is 7.53. The summed E-state index contributed by atoms with van der Waals surface area (Å²) in [4.78, 5) is 248. The van der Waals surface area contributed by atoms with Gasteiger partial charge in [-0.3, -0.25) is 76.7 Å². The summed E-state index contributed by atoms with van der Waals surface area (Å²) in [5.74, 6) is -18.8. The first kappa shape index (κ1) is 89.6. The van der Waals surface area contributed by atoms with Gasteiger partial charge in [-0.25, -0.2) is 0 Å². The Morgan fingerprint density at radius 1 is 0.509 bits per heavy atom. The van der Waals surface area contributed by atoms with Crippen LogP contribution in [-0.2, 0) is 100 Å². The third-order valence-electron chi connectivity index (χ3n) is 17.3. The number of carboxylic acid groups (broad SMARTS) is 2. The second kappa shape index (κ2) is 43.1. The molecule has 1 aliphatic rings. The highest BCUT2D eigenvalue weighted by Gasteiger charge is 2.43. The molecule has 0 aliphatic carbocycles. The minimum Gasteiger partial charge on any atom is -0.508 e. The van der Waals surface area contributed by atoms with Gasteiger partial charge in [-0.2, -0.15) is 19.2 Å². The van der Waals surface area contributed by atoms with E-state index in [0.717, 1.165) is 0 Å². The van der Waals surface area contributed by atoms with Crippen LogP contribution < -0.4 is 75.3 Å². The number of benzene rings is 3. The van der Waals surface area contributed by atoms with Crippen molar-refractivity contribution in [2.24, 2.45) is 17.6 Å². The molecule has 0 saturated carbocycles. The molecule has 14 atom stereocenters. The van der Waals surface area contributed by atoms with Crippen LogP contribution in [0.5, 0.6) is 5.75 Å². The number of amides is 14. The molecule has 0 unspecified atom stereocenters. The van der Waals surface area contributed by atoms with Crippen molar-refractivity contribution in [2.75, 3.05) is 19.7 Å². The van der Waals surface area contributed by atoms with Crippen LogP contribution in [0.15, 0.2) is 84.9 Å². The first-order chi connectivity index (χ1) is 50.7. The van der Waals surface area contributed by atoms with Gasteiger partial charge >= 0.3 is 20.1 Å². The van der Waals surface area contributed by atoms with E-state index in [2.05, 4.69) is 69.5 Å². The Morgan fingerprint density at radius 3 is 1.45 bits per heavy atom. The zero-order valence-electron chi connectivity index (χ0n) is 61.0. The smallest absolute Gasteiger partial charge is 0.508 e. The molecule has 1 aliphatic heterocycles. The highest BCUT2D eigenvalue weighted by Crippen LogP contribution is 2.45. The number of hydrogen-bond acceptors (Lipinski definition) is 21. The van der Waals surface area contributed by atoms with Crippen LogP contribution >= 0.6 is 8.17 Å². The van der Waals surface area contributed by atoms with Gasteiger partial charge in [0.15, 0.2) is 6.54 Å². The lowest BCUT2D eigenvalue weighted by Crippen LogP contribution is -2.62. The van der Waals surface area contributed by atoms with Crippen LogP contribution in [0.2, 0.25) is 0 Å². The number of carboxylic acids is 2. The summed E-state index contributed by atoms with van der Waals surface area (Å²) in [6.07, 6.45) is -2.61. The molecule has 0 bridgehead atoms. The van der Waals surface area contributed by atoms with Crippen LogP contribution in [0.3, 0.4) is 0 Å². The SMILES string of the molecule is CC[C@H](C)[C@H](NC(=O)[C@H](CC(=O)O)NC(=O)[C@H](Cc1ccc(O)cc1)NC(=O)[C@H](C)NC(=O)[C@H](C)NC(=O)C[NH3+])C(=O)N[C@@H](CO[P+](O)(O)O)C(=O)N[C@@H](CCC(N)=O)C(=O)N[C@H](C(=O)N[C@@H](Cc1ccccc1)C(=O)N1CCC[C@H]1C(=O)N[C@@H](Cc1ccccc1)C(=O)N[C@@H](C)C(=O)N[C@@H](C)C(=O)O)C(C)C. The Labute approximate surface area is 622 Å². The van der Waals surface area contributed by atoms with Gasteiger partial charge in [0, 0.05) is 32.2 Å². The predicted molar refractivity (Wildman–Crippen MR) is 383 cm³/mol. The zero-order valence-corrected chi connectivity index (χ0v) is 61.9. The number of aliphatic carboxylic acids is 2. The van der Waals surface area contributed by atoms with Gasteiger partial charge in [0.05, 0.1) is 6.42 Å². The number of phenolic OH excluding ortho intramolecular Hbond substituents is 1. The minimum atomic E-state index is -5.28. The molecule has 0 aromatic heterocycles. The van der Waals surface area contributed by atoms with Crippen LogP contribution in [0, 0.1) is 11.8 Å². The Hall–Kier alpha value is -10.8. The maximum absolute atomic E-state index is 15.0. The molecule has 1 fully saturated rings. The standard InChI is InChI=1S/C69H98N15O23P/c1-9-36(4)56(83-63(96)48(32-54(88)89)78-62(95)47(30-43-22-24-44(85)25-23-43)77-59(92)39(7)73-57(90)37(5)72-53(87)33-70)67(100)81-50(34-107-108(104,105)106)64(97)76-45(26-27-52(71)86)60(93)82-55(35(2)3)66(99)80-49(31-42-19-14-11-15-20-42)68(101)84-28-16-21-51(84)65(98)79-46(29-41-17-12-10-13-18-41)61(94)74-38(6)58(91)75-40(8)69(102)103/h10-15,17-20,22-25,35-40,45-51,55-56,104-106H,9,16,21,26-34,70H2,1-8H3,(H16-,71,72,73,74,75,76,77,78,79,80,81,82,83,85,86,87,88,89,90,91,92,93,94,95,96,97,98,99,100,102,103)/p+2/t36-,37-,38-,39-,40-,45-,46-,47-,48-,49-,50-,51-,55-,56-/m0/s1. The highest BCUT2D eigenvalue weighted by atomic mass is 31.2. The van der Waals surface area contributed by atoms with Gasteiger partial charge in [-0.15, -0.1) is 0 Å². The molecule has 108 heavy (non-hydrogen) atoms. The number of phenols is 1. The number of nitrogens with one attached hydrogen (secondary N) is 12. The second-order valence-corrected chi connectivity index (χ2v) is 27.7. The van der Waals surface area contributed by atoms with E-state index in [1.807, 2.05) is 0 Å². The molecular weight excluding hydrogens is 1440 g/mol. The predicted octanol–water partition coefficient (Wildman–Crippen LogP) is -5.25. The van der Waals surface area contributed by atoms with Gasteiger partial charge in [0.2, 0.25) is 76.8 Å². The van der Waals surface area contributed by atoms with Crippen molar-refractivity contribution in [1.29, 1.82) is 0 Å². The molecule has 0 radical (unpaired) electrons. The van der Waals surface area contributed by atoms with Crippen molar-refractivity contribution in [2.45, 2.75) is 192 Å². The van der Waals surface area contributed by atoms with Crippen molar-refractivity contribution < 1.29 is 117 Å². The number of likely N-dealkylation sites (tertiary alicyclic amines) is 1. The maximum atomic E-state index is 15.0. The topological polar surface area (TPSA) is 605 Å². The number of quaternary nitrogens is 1. The van der Waals surface area contributed by atoms with E-state index in [0.29, 0.717) is 16.7 Å². The van der Waals surface area contributed by atoms with Crippen molar-refractivity contribution in [1.82, 2.24) is 68.7 Å². The fourth-order valence-electron chi connectivity index (χ4n) is 10.9. The first-order valence-electron chi connectivity index (χ1n) is 34.8. The van der Waals surface area contributed by atoms with Crippen LogP contribution in [-0.4, -0.2) is 228 Å². The average molecular weight is 1540 g/mol. The van der Waals surface area contributed by atoms with Crippen LogP contribution in [0.1, 0.15) is 111 Å². The number of primary amides is 1. The molecule has 0 spiro atoms. The number of hydrogen-bond donors (Lipinski definition) is 20. The van der Waals surface area contributed by atoms with E-state index in [-0.39, 0.29) is 57.4 Å². The molecule has 1 heterocycles. The fourth-order valence-corrected chi connectivity index (χ4v) is 11.3. The van der Waals surface area contributed by atoms with E-state index in [1.165, 1.54) is 77.6 Å². The van der Waals surface area contributed by atoms with E-state index < -0.39 is 219 Å². The lowest BCUT2D eigenvalue weighted by atomic mass is 9.97. The molecule has 14 amide bonds. The summed E-state index contributed by atoms with van der Waals surface area (Å²) in [6, 6.07) is 1.95. The molecule has 1 saturated heterocycles. The number of nitrogens with two attached hydrogens (primary N) is 1. The molecule has 4 rings (SSSR count). The van der Waals surface area contributed by atoms with Crippen molar-refractivity contribution in [3.05, 3.63) is 102 Å². The van der Waals surface area contributed by atoms with E-state index in [1.54, 1.807) is 67.6 Å². The normalized spacial score (nSPS) is 16.3. The molecular formula is C69H100N15O23P+2. The third-order valence-corrected chi connectivity index (χ3v) is 17.8. The third kappa shape index (κ3) is 29.9.